The lowest BCUT2D eigenvalue weighted by Gasteiger charge is -2.20. The fourth-order valence-electron chi connectivity index (χ4n) is 2.96. The van der Waals surface area contributed by atoms with Crippen molar-refractivity contribution >= 4 is 29.0 Å². The van der Waals surface area contributed by atoms with Crippen molar-refractivity contribution in [1.82, 2.24) is 15.3 Å². The molecule has 1 N–H and O–H groups in total. The lowest BCUT2D eigenvalue weighted by Crippen LogP contribution is -2.36. The van der Waals surface area contributed by atoms with E-state index in [4.69, 9.17) is 4.98 Å². The lowest BCUT2D eigenvalue weighted by atomic mass is 10.1. The van der Waals surface area contributed by atoms with Crippen molar-refractivity contribution in [2.45, 2.75) is 37.7 Å². The van der Waals surface area contributed by atoms with Gasteiger partial charge in [-0.15, -0.1) is 23.1 Å². The number of benzene rings is 1. The molecule has 152 valence electrons. The molecule has 0 radical (unpaired) electrons. The molecule has 0 saturated heterocycles. The average molecular weight is 426 g/mol. The zero-order valence-electron chi connectivity index (χ0n) is 16.9. The quantitative estimate of drug-likeness (QED) is 0.453. The molecular weight excluding hydrogens is 398 g/mol. The topological polar surface area (TPSA) is 54.9 Å². The number of thioether (sulfide) groups is 1. The van der Waals surface area contributed by atoms with E-state index in [1.54, 1.807) is 35.5 Å². The molecule has 1 unspecified atom stereocenters. The van der Waals surface area contributed by atoms with E-state index in [1.165, 1.54) is 5.56 Å². The molecule has 0 fully saturated rings. The summed E-state index contributed by atoms with van der Waals surface area (Å²) >= 11 is 3.39. The predicted octanol–water partition coefficient (Wildman–Crippen LogP) is 5.21. The number of pyridine rings is 1. The predicted molar refractivity (Wildman–Crippen MR) is 123 cm³/mol. The van der Waals surface area contributed by atoms with Crippen LogP contribution >= 0.6 is 23.1 Å². The second kappa shape index (κ2) is 11.1. The monoisotopic (exact) mass is 425 g/mol. The van der Waals surface area contributed by atoms with Crippen LogP contribution in [0.3, 0.4) is 0 Å². The lowest BCUT2D eigenvalue weighted by molar-refractivity contribution is -0.121. The minimum atomic E-state index is -0.0339. The van der Waals surface area contributed by atoms with Gasteiger partial charge in [-0.2, -0.15) is 0 Å². The number of nitrogens with zero attached hydrogens (tertiary/aromatic N) is 2. The van der Waals surface area contributed by atoms with Crippen LogP contribution in [0.5, 0.6) is 0 Å². The number of aromatic nitrogens is 2. The van der Waals surface area contributed by atoms with Gasteiger partial charge in [0.15, 0.2) is 0 Å². The summed E-state index contributed by atoms with van der Waals surface area (Å²) in [5, 5.41) is 6.27. The van der Waals surface area contributed by atoms with Gasteiger partial charge in [-0.05, 0) is 30.0 Å². The van der Waals surface area contributed by atoms with Crippen molar-refractivity contribution in [1.29, 1.82) is 0 Å². The molecule has 1 atom stereocenters. The minimum Gasteiger partial charge on any atom is -0.355 e. The Hall–Kier alpha value is -2.18. The van der Waals surface area contributed by atoms with Gasteiger partial charge in [0.25, 0.3) is 0 Å². The fraction of sp³-hybridized carbons (Fsp3) is 0.348. The zero-order chi connectivity index (χ0) is 20.5. The summed E-state index contributed by atoms with van der Waals surface area (Å²) in [5.41, 5.74) is 3.34. The number of amides is 1. The third kappa shape index (κ3) is 6.68. The molecule has 6 heteroatoms. The molecule has 0 saturated carbocycles. The number of carbonyl (C=O) groups is 1. The summed E-state index contributed by atoms with van der Waals surface area (Å²) in [6, 6.07) is 14.3. The smallest absolute Gasteiger partial charge is 0.233 e. The zero-order valence-corrected chi connectivity index (χ0v) is 18.5. The van der Waals surface area contributed by atoms with E-state index < -0.39 is 0 Å². The molecule has 29 heavy (non-hydrogen) atoms. The Morgan fingerprint density at radius 3 is 2.62 bits per heavy atom. The number of carbonyl (C=O) groups excluding carboxylic acids is 1. The van der Waals surface area contributed by atoms with Crippen molar-refractivity contribution in [2.24, 2.45) is 5.92 Å². The number of thiazole rings is 1. The molecule has 3 aromatic rings. The Morgan fingerprint density at radius 2 is 1.90 bits per heavy atom. The summed E-state index contributed by atoms with van der Waals surface area (Å²) in [4.78, 5) is 21.4. The van der Waals surface area contributed by atoms with E-state index in [0.29, 0.717) is 12.5 Å². The van der Waals surface area contributed by atoms with Crippen molar-refractivity contribution in [3.05, 3.63) is 70.8 Å². The first-order chi connectivity index (χ1) is 14.1. The molecule has 2 aromatic heterocycles. The van der Waals surface area contributed by atoms with Gasteiger partial charge >= 0.3 is 0 Å². The largest absolute Gasteiger partial charge is 0.355 e. The second-order valence-electron chi connectivity index (χ2n) is 7.22. The van der Waals surface area contributed by atoms with Gasteiger partial charge in [0, 0.05) is 42.1 Å². The third-order valence-corrected chi connectivity index (χ3v) is 7.06. The molecular formula is C23H27N3OS2. The number of nitrogens with one attached hydrogen (secondary N) is 1. The molecule has 4 nitrogen and oxygen atoms in total. The molecule has 0 aliphatic heterocycles. The van der Waals surface area contributed by atoms with Crippen LogP contribution in [0.15, 0.2) is 60.2 Å². The van der Waals surface area contributed by atoms with E-state index in [1.807, 2.05) is 30.3 Å². The highest BCUT2D eigenvalue weighted by molar-refractivity contribution is 7.99. The maximum Gasteiger partial charge on any atom is 0.233 e. The van der Waals surface area contributed by atoms with Crippen molar-refractivity contribution in [3.8, 4) is 11.3 Å². The maximum absolute atomic E-state index is 12.7. The fourth-order valence-corrected chi connectivity index (χ4v) is 5.00. The van der Waals surface area contributed by atoms with Crippen molar-refractivity contribution in [3.63, 3.8) is 0 Å². The summed E-state index contributed by atoms with van der Waals surface area (Å²) in [5.74, 6) is 1.29. The number of hydrogen-bond donors (Lipinski definition) is 1. The van der Waals surface area contributed by atoms with Crippen LogP contribution in [-0.4, -0.2) is 27.7 Å². The van der Waals surface area contributed by atoms with Crippen LogP contribution in [0.4, 0.5) is 0 Å². The molecule has 1 aromatic carbocycles. The number of rotatable bonds is 10. The number of hydrogen-bond acceptors (Lipinski definition) is 5. The molecule has 0 spiro atoms. The Labute approximate surface area is 181 Å². The first-order valence-electron chi connectivity index (χ1n) is 9.91. The van der Waals surface area contributed by atoms with Gasteiger partial charge in [-0.1, -0.05) is 44.2 Å². The summed E-state index contributed by atoms with van der Waals surface area (Å²) < 4.78 is 0. The minimum absolute atomic E-state index is 0.0339. The van der Waals surface area contributed by atoms with Crippen LogP contribution in [0.25, 0.3) is 11.3 Å². The average Bonchev–Trinajstić information content (AvgIpc) is 3.21. The van der Waals surface area contributed by atoms with Gasteiger partial charge in [0.05, 0.1) is 16.0 Å². The molecule has 1 amide bonds. The Balaban J connectivity index is 1.43. The SMILES string of the molecule is CC(C)C(SCc1ccccc1)C(=O)NCCCc1nc(-c2ccncc2)cs1. The van der Waals surface area contributed by atoms with Crippen LogP contribution < -0.4 is 5.32 Å². The van der Waals surface area contributed by atoms with Gasteiger partial charge < -0.3 is 5.32 Å². The van der Waals surface area contributed by atoms with E-state index in [0.717, 1.165) is 34.9 Å². The van der Waals surface area contributed by atoms with Gasteiger partial charge in [0.1, 0.15) is 0 Å². The molecule has 0 aliphatic rings. The van der Waals surface area contributed by atoms with E-state index in [-0.39, 0.29) is 11.2 Å². The highest BCUT2D eigenvalue weighted by atomic mass is 32.2. The van der Waals surface area contributed by atoms with Crippen LogP contribution in [0, 0.1) is 5.92 Å². The van der Waals surface area contributed by atoms with Crippen molar-refractivity contribution < 1.29 is 4.79 Å². The van der Waals surface area contributed by atoms with Crippen molar-refractivity contribution in [2.75, 3.05) is 6.54 Å². The standard InChI is InChI=1S/C23H27N3OS2/c1-17(2)22(29-15-18-7-4-3-5-8-18)23(27)25-12-6-9-21-26-20(16-28-21)19-10-13-24-14-11-19/h3-5,7-8,10-11,13-14,16-17,22H,6,9,12,15H2,1-2H3,(H,25,27). The third-order valence-electron chi connectivity index (χ3n) is 4.53. The van der Waals surface area contributed by atoms with E-state index in [2.05, 4.69) is 41.7 Å². The first kappa shape index (κ1) is 21.5. The highest BCUT2D eigenvalue weighted by Crippen LogP contribution is 2.24. The number of aryl methyl sites for hydroxylation is 1. The normalized spacial score (nSPS) is 12.1. The molecule has 2 heterocycles. The highest BCUT2D eigenvalue weighted by Gasteiger charge is 2.22. The van der Waals surface area contributed by atoms with Crippen LogP contribution in [0.2, 0.25) is 0 Å². The second-order valence-corrected chi connectivity index (χ2v) is 9.29. The Kier molecular flexibility index (Phi) is 8.25. The first-order valence-corrected chi connectivity index (χ1v) is 11.8. The molecule has 0 bridgehead atoms. The van der Waals surface area contributed by atoms with Crippen LogP contribution in [0.1, 0.15) is 30.8 Å². The van der Waals surface area contributed by atoms with E-state index in [9.17, 15) is 4.79 Å². The summed E-state index contributed by atoms with van der Waals surface area (Å²) in [6.07, 6.45) is 5.33. The summed E-state index contributed by atoms with van der Waals surface area (Å²) in [6.45, 7) is 4.90. The van der Waals surface area contributed by atoms with Gasteiger partial charge in [-0.25, -0.2) is 4.98 Å². The Bertz CT molecular complexity index is 881. The van der Waals surface area contributed by atoms with Crippen LogP contribution in [-0.2, 0) is 17.0 Å². The maximum atomic E-state index is 12.7. The molecule has 3 rings (SSSR count). The van der Waals surface area contributed by atoms with Gasteiger partial charge in [-0.3, -0.25) is 9.78 Å². The Morgan fingerprint density at radius 1 is 1.14 bits per heavy atom. The summed E-state index contributed by atoms with van der Waals surface area (Å²) in [7, 11) is 0. The van der Waals surface area contributed by atoms with E-state index >= 15 is 0 Å². The molecule has 0 aliphatic carbocycles. The van der Waals surface area contributed by atoms with Gasteiger partial charge in [0.2, 0.25) is 5.91 Å².